The van der Waals surface area contributed by atoms with E-state index in [9.17, 15) is 4.39 Å². The van der Waals surface area contributed by atoms with Gasteiger partial charge in [0.15, 0.2) is 0 Å². The van der Waals surface area contributed by atoms with E-state index < -0.39 is 0 Å². The van der Waals surface area contributed by atoms with Gasteiger partial charge in [0, 0.05) is 25.4 Å². The van der Waals surface area contributed by atoms with E-state index in [1.54, 1.807) is 24.4 Å². The molecule has 0 unspecified atom stereocenters. The van der Waals surface area contributed by atoms with Gasteiger partial charge in [-0.25, -0.2) is 15.2 Å². The molecule has 100 valence electrons. The molecule has 7 heteroatoms. The largest absolute Gasteiger partial charge is 0.354 e. The molecule has 5 nitrogen and oxygen atoms in total. The zero-order valence-electron chi connectivity index (χ0n) is 10.3. The summed E-state index contributed by atoms with van der Waals surface area (Å²) in [5, 5.41) is 0. The third-order valence-electron chi connectivity index (χ3n) is 2.58. The van der Waals surface area contributed by atoms with E-state index >= 15 is 0 Å². The summed E-state index contributed by atoms with van der Waals surface area (Å²) in [6.07, 6.45) is 1.59. The first kappa shape index (κ1) is 13.7. The Morgan fingerprint density at radius 3 is 2.84 bits per heavy atom. The van der Waals surface area contributed by atoms with Crippen LogP contribution in [0.3, 0.4) is 0 Å². The molecular formula is C12H13BrFN5. The molecule has 3 N–H and O–H groups in total. The van der Waals surface area contributed by atoms with E-state index in [0.29, 0.717) is 28.3 Å². The summed E-state index contributed by atoms with van der Waals surface area (Å²) in [6, 6.07) is 6.64. The number of nitrogens with one attached hydrogen (secondary N) is 1. The van der Waals surface area contributed by atoms with Crippen molar-refractivity contribution < 1.29 is 4.39 Å². The molecule has 2 aromatic rings. The van der Waals surface area contributed by atoms with Crippen LogP contribution in [-0.4, -0.2) is 17.0 Å². The number of nitrogen functional groups attached to an aromatic ring is 1. The molecule has 0 aliphatic carbocycles. The number of hydrazine groups is 1. The highest BCUT2D eigenvalue weighted by molar-refractivity contribution is 9.10. The lowest BCUT2D eigenvalue weighted by atomic mass is 10.2. The predicted molar refractivity (Wildman–Crippen MR) is 76.0 cm³/mol. The quantitative estimate of drug-likeness (QED) is 0.667. The van der Waals surface area contributed by atoms with Crippen LogP contribution in [0.5, 0.6) is 0 Å². The molecule has 0 spiro atoms. The van der Waals surface area contributed by atoms with Crippen molar-refractivity contribution in [3.63, 3.8) is 0 Å². The number of rotatable bonds is 4. The number of halogens is 2. The van der Waals surface area contributed by atoms with Crippen LogP contribution in [0.2, 0.25) is 0 Å². The van der Waals surface area contributed by atoms with Crippen molar-refractivity contribution in [1.29, 1.82) is 0 Å². The number of benzene rings is 1. The van der Waals surface area contributed by atoms with Gasteiger partial charge < -0.3 is 4.90 Å². The molecule has 0 amide bonds. The van der Waals surface area contributed by atoms with Gasteiger partial charge in [-0.05, 0) is 22.0 Å². The third kappa shape index (κ3) is 3.18. The van der Waals surface area contributed by atoms with Gasteiger partial charge in [-0.3, -0.25) is 5.43 Å². The van der Waals surface area contributed by atoms with Crippen molar-refractivity contribution >= 4 is 27.7 Å². The first-order valence-electron chi connectivity index (χ1n) is 5.55. The van der Waals surface area contributed by atoms with Crippen molar-refractivity contribution in [3.8, 4) is 0 Å². The molecule has 0 atom stereocenters. The average Bonchev–Trinajstić information content (AvgIpc) is 2.42. The van der Waals surface area contributed by atoms with Crippen LogP contribution >= 0.6 is 15.9 Å². The van der Waals surface area contributed by atoms with Crippen molar-refractivity contribution in [3.05, 3.63) is 46.3 Å². The van der Waals surface area contributed by atoms with Crippen LogP contribution in [-0.2, 0) is 6.54 Å². The molecule has 1 heterocycles. The molecule has 1 aromatic heterocycles. The zero-order chi connectivity index (χ0) is 13.8. The minimum atomic E-state index is -0.239. The normalized spacial score (nSPS) is 10.3. The second kappa shape index (κ2) is 5.94. The fourth-order valence-corrected chi connectivity index (χ4v) is 2.15. The number of nitrogens with two attached hydrogens (primary N) is 1. The van der Waals surface area contributed by atoms with Crippen molar-refractivity contribution in [2.75, 3.05) is 17.4 Å². The Balaban J connectivity index is 2.25. The van der Waals surface area contributed by atoms with E-state index in [1.165, 1.54) is 6.07 Å². The monoisotopic (exact) mass is 325 g/mol. The summed E-state index contributed by atoms with van der Waals surface area (Å²) in [4.78, 5) is 10.0. The minimum Gasteiger partial charge on any atom is -0.354 e. The summed E-state index contributed by atoms with van der Waals surface area (Å²) in [5.41, 5.74) is 2.98. The van der Waals surface area contributed by atoms with E-state index in [-0.39, 0.29) is 5.82 Å². The SMILES string of the molecule is CN(Cc1ccccc1F)c1nc(NN)ncc1Br. The molecule has 1 aromatic carbocycles. The molecular weight excluding hydrogens is 313 g/mol. The average molecular weight is 326 g/mol. The maximum atomic E-state index is 13.6. The van der Waals surface area contributed by atoms with E-state index in [0.717, 1.165) is 0 Å². The molecule has 19 heavy (non-hydrogen) atoms. The van der Waals surface area contributed by atoms with Crippen LogP contribution in [0.15, 0.2) is 34.9 Å². The van der Waals surface area contributed by atoms with Crippen LogP contribution in [0.1, 0.15) is 5.56 Å². The van der Waals surface area contributed by atoms with Crippen LogP contribution < -0.4 is 16.2 Å². The standard InChI is InChI=1S/C12H13BrFN5/c1-19(7-8-4-2-3-5-10(8)14)11-9(13)6-16-12(17-11)18-15/h2-6H,7,15H2,1H3,(H,16,17,18). The lowest BCUT2D eigenvalue weighted by Gasteiger charge is -2.20. The number of hydrogen-bond donors (Lipinski definition) is 2. The third-order valence-corrected chi connectivity index (χ3v) is 3.14. The molecule has 0 fully saturated rings. The lowest BCUT2D eigenvalue weighted by molar-refractivity contribution is 0.607. The molecule has 2 rings (SSSR count). The smallest absolute Gasteiger partial charge is 0.239 e. The van der Waals surface area contributed by atoms with E-state index in [2.05, 4.69) is 31.3 Å². The maximum absolute atomic E-state index is 13.6. The summed E-state index contributed by atoms with van der Waals surface area (Å²) < 4.78 is 14.3. The van der Waals surface area contributed by atoms with Crippen molar-refractivity contribution in [1.82, 2.24) is 9.97 Å². The first-order chi connectivity index (χ1) is 9.11. The van der Waals surface area contributed by atoms with Gasteiger partial charge in [0.05, 0.1) is 4.47 Å². The molecule has 0 bridgehead atoms. The fourth-order valence-electron chi connectivity index (χ4n) is 1.65. The summed E-state index contributed by atoms with van der Waals surface area (Å²) in [5.74, 6) is 5.97. The van der Waals surface area contributed by atoms with E-state index in [1.807, 2.05) is 11.9 Å². The van der Waals surface area contributed by atoms with Gasteiger partial charge in [-0.15, -0.1) is 0 Å². The van der Waals surface area contributed by atoms with Gasteiger partial charge in [0.25, 0.3) is 0 Å². The number of aromatic nitrogens is 2. The van der Waals surface area contributed by atoms with Gasteiger partial charge in [0.2, 0.25) is 5.95 Å². The summed E-state index contributed by atoms with van der Waals surface area (Å²) in [7, 11) is 1.82. The second-order valence-corrected chi connectivity index (χ2v) is 4.81. The van der Waals surface area contributed by atoms with Crippen LogP contribution in [0.25, 0.3) is 0 Å². The Hall–Kier alpha value is -1.73. The number of nitrogens with zero attached hydrogens (tertiary/aromatic N) is 3. The molecule has 0 saturated heterocycles. The molecule has 0 aliphatic heterocycles. The fraction of sp³-hybridized carbons (Fsp3) is 0.167. The van der Waals surface area contributed by atoms with Crippen molar-refractivity contribution in [2.24, 2.45) is 5.84 Å². The first-order valence-corrected chi connectivity index (χ1v) is 6.35. The number of anilines is 2. The van der Waals surface area contributed by atoms with Gasteiger partial charge in [-0.1, -0.05) is 18.2 Å². The molecule has 0 saturated carbocycles. The van der Waals surface area contributed by atoms with Gasteiger partial charge in [-0.2, -0.15) is 4.98 Å². The Bertz CT molecular complexity index is 578. The van der Waals surface area contributed by atoms with Crippen LogP contribution in [0.4, 0.5) is 16.2 Å². The summed E-state index contributed by atoms with van der Waals surface area (Å²) >= 11 is 3.36. The topological polar surface area (TPSA) is 67.1 Å². The van der Waals surface area contributed by atoms with Crippen LogP contribution in [0, 0.1) is 5.82 Å². The highest BCUT2D eigenvalue weighted by Gasteiger charge is 2.11. The number of hydrogen-bond acceptors (Lipinski definition) is 5. The van der Waals surface area contributed by atoms with Crippen molar-refractivity contribution in [2.45, 2.75) is 6.54 Å². The van der Waals surface area contributed by atoms with E-state index in [4.69, 9.17) is 5.84 Å². The molecule has 0 radical (unpaired) electrons. The summed E-state index contributed by atoms with van der Waals surface area (Å²) in [6.45, 7) is 0.395. The second-order valence-electron chi connectivity index (χ2n) is 3.96. The van der Waals surface area contributed by atoms with Gasteiger partial charge in [0.1, 0.15) is 11.6 Å². The Morgan fingerprint density at radius 2 is 2.16 bits per heavy atom. The zero-order valence-corrected chi connectivity index (χ0v) is 11.9. The minimum absolute atomic E-state index is 0.239. The predicted octanol–water partition coefficient (Wildman–Crippen LogP) is 2.30. The Kier molecular flexibility index (Phi) is 4.28. The molecule has 0 aliphatic rings. The lowest BCUT2D eigenvalue weighted by Crippen LogP contribution is -2.20. The highest BCUT2D eigenvalue weighted by atomic mass is 79.9. The Morgan fingerprint density at radius 1 is 1.42 bits per heavy atom. The Labute approximate surface area is 118 Å². The highest BCUT2D eigenvalue weighted by Crippen LogP contribution is 2.24. The maximum Gasteiger partial charge on any atom is 0.239 e. The van der Waals surface area contributed by atoms with Gasteiger partial charge >= 0.3 is 0 Å².